The summed E-state index contributed by atoms with van der Waals surface area (Å²) in [4.78, 5) is 85.7. The molecular formula is C51H60N2O12. The Bertz CT molecular complexity index is 2340. The number of nitrogens with one attached hydrogen (secondary N) is 2. The van der Waals surface area contributed by atoms with Gasteiger partial charge in [0.1, 0.15) is 23.9 Å². The van der Waals surface area contributed by atoms with Crippen molar-refractivity contribution in [3.63, 3.8) is 0 Å². The molecule has 1 aliphatic heterocycles. The fraction of sp³-hybridized carbons (Fsp3) is 0.490. The Hall–Kier alpha value is -5.70. The molecule has 0 spiro atoms. The van der Waals surface area contributed by atoms with Gasteiger partial charge < -0.3 is 39.4 Å². The molecule has 346 valence electrons. The molecule has 0 unspecified atom stereocenters. The van der Waals surface area contributed by atoms with Crippen LogP contribution >= 0.6 is 0 Å². The number of aliphatic hydroxyl groups is 1. The van der Waals surface area contributed by atoms with E-state index < -0.39 is 106 Å². The molecule has 3 aromatic carbocycles. The topological polar surface area (TPSA) is 193 Å². The summed E-state index contributed by atoms with van der Waals surface area (Å²) in [5.41, 5.74) is -5.19. The maximum absolute atomic E-state index is 15.9. The van der Waals surface area contributed by atoms with E-state index in [4.69, 9.17) is 23.7 Å². The van der Waals surface area contributed by atoms with Gasteiger partial charge in [0.2, 0.25) is 0 Å². The van der Waals surface area contributed by atoms with Gasteiger partial charge in [-0.2, -0.15) is 0 Å². The lowest BCUT2D eigenvalue weighted by Gasteiger charge is -2.68. The number of esters is 4. The van der Waals surface area contributed by atoms with E-state index in [-0.39, 0.29) is 43.6 Å². The van der Waals surface area contributed by atoms with Gasteiger partial charge in [0.15, 0.2) is 17.5 Å². The van der Waals surface area contributed by atoms with Crippen LogP contribution < -0.4 is 10.6 Å². The van der Waals surface area contributed by atoms with Crippen LogP contribution in [-0.4, -0.2) is 96.5 Å². The van der Waals surface area contributed by atoms with E-state index >= 15 is 4.79 Å². The van der Waals surface area contributed by atoms with Crippen LogP contribution in [0.3, 0.4) is 0 Å². The predicted octanol–water partition coefficient (Wildman–Crippen LogP) is 5.88. The zero-order chi connectivity index (χ0) is 47.1. The van der Waals surface area contributed by atoms with Crippen LogP contribution in [0.15, 0.2) is 102 Å². The van der Waals surface area contributed by atoms with Crippen LogP contribution in [0, 0.1) is 28.6 Å². The number of hydrogen-bond donors (Lipinski definition) is 3. The SMILES string of the molecule is CNCCC(=O)O[C@H]1C(=O)[C@@]2(C)[C@H]([C@H](OC(=O)c3ccccc3)[C@]3(O)C[C@H](OC(=O)[C@H](C)[C@@H](NC(=O)c4ccccc4)c4ccccc4)C(C)=C1C3(C)C)[C@]1(OC(C)=O)CO[C@@H]1C[C@@H]2C. The highest BCUT2D eigenvalue weighted by Crippen LogP contribution is 2.65. The first-order valence-corrected chi connectivity index (χ1v) is 22.3. The van der Waals surface area contributed by atoms with Crippen molar-refractivity contribution < 1.29 is 57.6 Å². The van der Waals surface area contributed by atoms with Gasteiger partial charge in [0, 0.05) is 36.3 Å². The van der Waals surface area contributed by atoms with Crippen molar-refractivity contribution in [2.75, 3.05) is 20.2 Å². The standard InChI is InChI=1S/C51H60N2O12/c1-29-26-37-50(28-61-37,65-32(4)54)42-44(64-47(59)35-22-16-11-17-23-35)51(60)27-36(30(2)39(48(51,5)6)41(43(56)49(29,42)7)63-38(55)24-25-52-8)62-46(58)31(3)40(33-18-12-9-13-19-33)53-45(57)34-20-14-10-15-21-34/h9-23,29,31,36-37,40-42,44,52,60H,24-28H2,1-8H3,(H,53,57)/t29-,31+,36-,37+,40+,41+,42-,44-,49+,50-,51+/m0/s1. The highest BCUT2D eigenvalue weighted by molar-refractivity contribution is 5.96. The second-order valence-electron chi connectivity index (χ2n) is 18.8. The first-order valence-electron chi connectivity index (χ1n) is 22.3. The zero-order valence-corrected chi connectivity index (χ0v) is 38.3. The molecule has 11 atom stereocenters. The third kappa shape index (κ3) is 8.29. The van der Waals surface area contributed by atoms with E-state index in [0.717, 1.165) is 0 Å². The molecule has 0 aromatic heterocycles. The average Bonchev–Trinajstić information content (AvgIpc) is 3.28. The molecule has 1 saturated heterocycles. The molecule has 7 rings (SSSR count). The summed E-state index contributed by atoms with van der Waals surface area (Å²) in [5, 5.41) is 19.9. The summed E-state index contributed by atoms with van der Waals surface area (Å²) in [5.74, 6) is -6.72. The zero-order valence-electron chi connectivity index (χ0n) is 38.3. The predicted molar refractivity (Wildman–Crippen MR) is 237 cm³/mol. The summed E-state index contributed by atoms with van der Waals surface area (Å²) in [6.07, 6.45) is -5.46. The van der Waals surface area contributed by atoms with Crippen molar-refractivity contribution in [3.05, 3.63) is 119 Å². The summed E-state index contributed by atoms with van der Waals surface area (Å²) in [6, 6.07) is 24.9. The smallest absolute Gasteiger partial charge is 0.338 e. The molecule has 1 heterocycles. The maximum atomic E-state index is 15.9. The molecule has 1 amide bonds. The normalized spacial score (nSPS) is 30.9. The fourth-order valence-electron chi connectivity index (χ4n) is 10.9. The Morgan fingerprint density at radius 1 is 0.877 bits per heavy atom. The van der Waals surface area contributed by atoms with Crippen molar-refractivity contribution in [1.29, 1.82) is 0 Å². The van der Waals surface area contributed by atoms with Crippen LogP contribution in [-0.2, 0) is 42.9 Å². The largest absolute Gasteiger partial charge is 0.457 e. The van der Waals surface area contributed by atoms with Crippen molar-refractivity contribution in [3.8, 4) is 0 Å². The van der Waals surface area contributed by atoms with Crippen molar-refractivity contribution in [1.82, 2.24) is 10.6 Å². The minimum absolute atomic E-state index is 0.0941. The van der Waals surface area contributed by atoms with Crippen molar-refractivity contribution in [2.24, 2.45) is 28.6 Å². The van der Waals surface area contributed by atoms with E-state index in [2.05, 4.69) is 10.6 Å². The Balaban J connectivity index is 1.40. The first kappa shape index (κ1) is 47.3. The van der Waals surface area contributed by atoms with Crippen LogP contribution in [0.5, 0.6) is 0 Å². The van der Waals surface area contributed by atoms with Gasteiger partial charge in [0.05, 0.1) is 36.5 Å². The lowest BCUT2D eigenvalue weighted by Crippen LogP contribution is -2.80. The van der Waals surface area contributed by atoms with Crippen molar-refractivity contribution >= 4 is 35.6 Å². The molecule has 3 N–H and O–H groups in total. The minimum atomic E-state index is -2.21. The third-order valence-corrected chi connectivity index (χ3v) is 14.8. The van der Waals surface area contributed by atoms with Gasteiger partial charge in [-0.15, -0.1) is 0 Å². The van der Waals surface area contributed by atoms with Crippen LogP contribution in [0.2, 0.25) is 0 Å². The van der Waals surface area contributed by atoms with Gasteiger partial charge >= 0.3 is 23.9 Å². The number of rotatable bonds is 13. The van der Waals surface area contributed by atoms with E-state index in [1.165, 1.54) is 6.92 Å². The number of amides is 1. The molecule has 65 heavy (non-hydrogen) atoms. The number of benzene rings is 3. The van der Waals surface area contributed by atoms with Crippen LogP contribution in [0.25, 0.3) is 0 Å². The minimum Gasteiger partial charge on any atom is -0.457 e. The first-order chi connectivity index (χ1) is 30.8. The Morgan fingerprint density at radius 2 is 1.48 bits per heavy atom. The number of carbonyl (C=O) groups is 6. The van der Waals surface area contributed by atoms with Gasteiger partial charge in [0.25, 0.3) is 5.91 Å². The number of Topliss-reactive ketones (excluding diaryl/α,β-unsaturated/α-hetero) is 1. The molecule has 2 saturated carbocycles. The van der Waals surface area contributed by atoms with E-state index in [1.807, 2.05) is 13.0 Å². The maximum Gasteiger partial charge on any atom is 0.338 e. The molecule has 14 heteroatoms. The molecular weight excluding hydrogens is 833 g/mol. The average molecular weight is 893 g/mol. The molecule has 2 bridgehead atoms. The number of fused-ring (bicyclic) bond motifs is 5. The van der Waals surface area contributed by atoms with Gasteiger partial charge in [-0.05, 0) is 74.2 Å². The molecule has 3 aliphatic carbocycles. The van der Waals surface area contributed by atoms with Gasteiger partial charge in [-0.3, -0.25) is 24.0 Å². The fourth-order valence-corrected chi connectivity index (χ4v) is 10.9. The number of carbonyl (C=O) groups excluding carboxylic acids is 6. The second-order valence-corrected chi connectivity index (χ2v) is 18.8. The van der Waals surface area contributed by atoms with Crippen LogP contribution in [0.4, 0.5) is 0 Å². The number of ketones is 1. The summed E-state index contributed by atoms with van der Waals surface area (Å²) >= 11 is 0. The molecule has 3 aromatic rings. The molecule has 0 radical (unpaired) electrons. The lowest BCUT2D eigenvalue weighted by atomic mass is 9.43. The van der Waals surface area contributed by atoms with E-state index in [1.54, 1.807) is 127 Å². The Kier molecular flexibility index (Phi) is 13.3. The third-order valence-electron chi connectivity index (χ3n) is 14.8. The van der Waals surface area contributed by atoms with Gasteiger partial charge in [-0.1, -0.05) is 94.4 Å². The highest BCUT2D eigenvalue weighted by atomic mass is 16.6. The Labute approximate surface area is 379 Å². The number of hydrogen-bond acceptors (Lipinski definition) is 13. The van der Waals surface area contributed by atoms with Crippen LogP contribution in [0.1, 0.15) is 100 Å². The summed E-state index contributed by atoms with van der Waals surface area (Å²) in [6.45, 7) is 11.5. The van der Waals surface area contributed by atoms with E-state index in [9.17, 15) is 29.1 Å². The molecule has 14 nitrogen and oxygen atoms in total. The quantitative estimate of drug-likeness (QED) is 0.105. The molecule has 4 aliphatic rings. The van der Waals surface area contributed by atoms with Crippen molar-refractivity contribution in [2.45, 2.75) is 109 Å². The molecule has 3 fully saturated rings. The lowest BCUT2D eigenvalue weighted by molar-refractivity contribution is -0.340. The summed E-state index contributed by atoms with van der Waals surface area (Å²) < 4.78 is 31.7. The number of ether oxygens (including phenoxy) is 5. The monoisotopic (exact) mass is 892 g/mol. The Morgan fingerprint density at radius 3 is 2.05 bits per heavy atom. The highest BCUT2D eigenvalue weighted by Gasteiger charge is 2.77. The second kappa shape index (κ2) is 18.3. The van der Waals surface area contributed by atoms with E-state index in [0.29, 0.717) is 16.7 Å². The summed E-state index contributed by atoms with van der Waals surface area (Å²) in [7, 11) is 1.68. The van der Waals surface area contributed by atoms with Gasteiger partial charge in [-0.25, -0.2) is 4.79 Å².